The van der Waals surface area contributed by atoms with Gasteiger partial charge >= 0.3 is 11.9 Å². The number of nitrogen functional groups attached to an aromatic ring is 2. The highest BCUT2D eigenvalue weighted by Gasteiger charge is 2.56. The van der Waals surface area contributed by atoms with E-state index in [-0.39, 0.29) is 92.4 Å². The second-order valence-corrected chi connectivity index (χ2v) is 24.1. The van der Waals surface area contributed by atoms with Gasteiger partial charge in [0.05, 0.1) is 11.5 Å². The first-order valence-corrected chi connectivity index (χ1v) is 30.9. The third-order valence-corrected chi connectivity index (χ3v) is 19.0. The first-order valence-electron chi connectivity index (χ1n) is 24.7. The number of carbonyl (C=O) groups excluding carboxylic acids is 6. The lowest BCUT2D eigenvalue weighted by Crippen LogP contribution is -2.71. The van der Waals surface area contributed by atoms with Crippen LogP contribution in [0.25, 0.3) is 0 Å². The zero-order valence-electron chi connectivity index (χ0n) is 43.9. The molecule has 2 fully saturated rings. The molecule has 0 saturated carbocycles. The summed E-state index contributed by atoms with van der Waals surface area (Å²) < 4.78 is 3.56. The molecule has 0 bridgehead atoms. The van der Waals surface area contributed by atoms with Crippen molar-refractivity contribution in [2.45, 2.75) is 56.3 Å². The molecular formula is C49H56N14O12S6+2. The average Bonchev–Trinajstić information content (AvgIpc) is 4.25. The van der Waals surface area contributed by atoms with E-state index >= 15 is 0 Å². The zero-order chi connectivity index (χ0) is 58.1. The smallest absolute Gasteiger partial charge is 0.352 e. The number of nitrogens with two attached hydrogens (primary N) is 2. The lowest BCUT2D eigenvalue weighted by atomic mass is 10.0. The van der Waals surface area contributed by atoms with E-state index in [0.717, 1.165) is 28.2 Å². The molecule has 4 atom stereocenters. The number of oxime groups is 2. The number of hydrogen-bond donors (Lipinski definition) is 6. The molecule has 32 heteroatoms. The van der Waals surface area contributed by atoms with E-state index in [4.69, 9.17) is 21.1 Å². The summed E-state index contributed by atoms with van der Waals surface area (Å²) >= 11 is 7.77. The molecule has 8 N–H and O–H groups in total. The summed E-state index contributed by atoms with van der Waals surface area (Å²) in [4.78, 5) is 129. The van der Waals surface area contributed by atoms with Crippen molar-refractivity contribution in [3.8, 4) is 0 Å². The zero-order valence-corrected chi connectivity index (χ0v) is 48.8. The van der Waals surface area contributed by atoms with Gasteiger partial charge in [-0.3, -0.25) is 38.6 Å². The van der Waals surface area contributed by atoms with Gasteiger partial charge in [-0.2, -0.15) is 28.1 Å². The summed E-state index contributed by atoms with van der Waals surface area (Å²) in [7, 11) is 2.52. The summed E-state index contributed by atoms with van der Waals surface area (Å²) in [5.74, 6) is -3.15. The summed E-state index contributed by atoms with van der Waals surface area (Å²) in [5, 5.41) is 35.5. The standard InChI is InChI=1S/C49H54N14O12S6/c1-5-60(16-26-9-12-58(13-10-26)17-27-20-78-44-36(42(68)62(44)38(27)46(70)71)54-40(66)34(56-74-3)30-22-80-48(50)52-30)32(64)24-76-14-15-77-25-33(65)61(6-2)29-8-7-11-59(19-29)18-28-21-79-45-37(43(69)63(45)39(28)47(72)73)55-41(67)35(57-75-4)31-23-81-49(51)53-31/h7-13,19,22-23,36-37,44-45H,5-6,14-18,20-21,24-25H2,1-4H3,(H6-2,50,51,52,53,54,55,66,67,70,71,72,73)/p+2/b56-34-,57-35-. The van der Waals surface area contributed by atoms with Crippen molar-refractivity contribution in [2.75, 3.05) is 78.2 Å². The van der Waals surface area contributed by atoms with Crippen LogP contribution in [0.3, 0.4) is 0 Å². The molecule has 8 rings (SSSR count). The van der Waals surface area contributed by atoms with Gasteiger partial charge in [0.15, 0.2) is 59.6 Å². The van der Waals surface area contributed by atoms with Crippen molar-refractivity contribution < 1.29 is 67.4 Å². The number of aromatic nitrogens is 4. The molecule has 4 aliphatic heterocycles. The van der Waals surface area contributed by atoms with Crippen LogP contribution in [-0.2, 0) is 67.7 Å². The van der Waals surface area contributed by atoms with Gasteiger partial charge in [-0.25, -0.2) is 24.1 Å². The topological polar surface area (TPSA) is 343 Å². The Bertz CT molecular complexity index is 3240. The Morgan fingerprint density at radius 1 is 0.741 bits per heavy atom. The van der Waals surface area contributed by atoms with Crippen molar-refractivity contribution in [1.82, 2.24) is 35.3 Å². The monoisotopic (exact) mass is 1220 g/mol. The minimum Gasteiger partial charge on any atom is -0.477 e. The number of pyridine rings is 2. The van der Waals surface area contributed by atoms with E-state index in [1.807, 2.05) is 26.0 Å². The fraction of sp³-hybridized carbons (Fsp3) is 0.388. The number of thiazole rings is 2. The van der Waals surface area contributed by atoms with E-state index < -0.39 is 58.4 Å². The molecule has 8 heterocycles. The van der Waals surface area contributed by atoms with Gasteiger partial charge in [-0.05, 0) is 25.5 Å². The third-order valence-electron chi connectivity index (χ3n) is 12.8. The number of anilines is 3. The predicted octanol–water partition coefficient (Wildman–Crippen LogP) is 0.786. The van der Waals surface area contributed by atoms with E-state index in [9.17, 15) is 48.6 Å². The van der Waals surface area contributed by atoms with E-state index in [2.05, 4.69) is 30.9 Å². The van der Waals surface area contributed by atoms with Crippen molar-refractivity contribution in [1.29, 1.82) is 0 Å². The minimum absolute atomic E-state index is 0.0482. The van der Waals surface area contributed by atoms with Gasteiger partial charge in [-0.1, -0.05) is 10.3 Å². The van der Waals surface area contributed by atoms with Crippen molar-refractivity contribution in [2.24, 2.45) is 10.3 Å². The normalized spacial score (nSPS) is 18.8. The Balaban J connectivity index is 0.773. The van der Waals surface area contributed by atoms with E-state index in [1.165, 1.54) is 81.8 Å². The molecule has 4 aromatic heterocycles. The Hall–Kier alpha value is -7.26. The molecule has 0 spiro atoms. The van der Waals surface area contributed by atoms with Crippen LogP contribution in [0, 0.1) is 0 Å². The molecule has 81 heavy (non-hydrogen) atoms. The number of aliphatic carboxylic acids is 2. The van der Waals surface area contributed by atoms with Crippen LogP contribution < -0.4 is 36.1 Å². The first kappa shape index (κ1) is 59.9. The maximum Gasteiger partial charge on any atom is 0.352 e. The summed E-state index contributed by atoms with van der Waals surface area (Å²) in [6.07, 6.45) is 7.09. The third kappa shape index (κ3) is 13.6. The second kappa shape index (κ2) is 27.0. The number of fused-ring (bicyclic) bond motifs is 2. The Labute approximate surface area is 488 Å². The van der Waals surface area contributed by atoms with Gasteiger partial charge in [-0.15, -0.1) is 46.2 Å². The average molecular weight is 1230 g/mol. The maximum absolute atomic E-state index is 13.5. The molecule has 26 nitrogen and oxygen atoms in total. The molecule has 4 aliphatic rings. The number of hydrogen-bond acceptors (Lipinski definition) is 22. The highest BCUT2D eigenvalue weighted by atomic mass is 32.2. The first-order chi connectivity index (χ1) is 39.0. The van der Waals surface area contributed by atoms with Crippen molar-refractivity contribution in [3.63, 3.8) is 0 Å². The minimum atomic E-state index is -1.29. The number of nitrogens with one attached hydrogen (secondary N) is 2. The number of carboxylic acid groups (broad SMARTS) is 2. The number of carboxylic acids is 2. The van der Waals surface area contributed by atoms with Gasteiger partial charge in [0.25, 0.3) is 23.6 Å². The summed E-state index contributed by atoms with van der Waals surface area (Å²) in [5.41, 5.74) is 13.6. The maximum atomic E-state index is 13.5. The molecule has 2 saturated heterocycles. The summed E-state index contributed by atoms with van der Waals surface area (Å²) in [6.45, 7) is 5.26. The Kier molecular flexibility index (Phi) is 20.0. The largest absolute Gasteiger partial charge is 0.477 e. The molecule has 0 radical (unpaired) electrons. The van der Waals surface area contributed by atoms with Crippen molar-refractivity contribution >= 4 is 144 Å². The van der Waals surface area contributed by atoms with Gasteiger partial charge in [0, 0.05) is 82.8 Å². The van der Waals surface area contributed by atoms with Crippen LogP contribution >= 0.6 is 69.7 Å². The number of β-lactam (4-membered cyclic amide) rings is 2. The molecule has 4 aromatic rings. The van der Waals surface area contributed by atoms with E-state index in [1.54, 1.807) is 55.9 Å². The molecule has 0 aromatic carbocycles. The lowest BCUT2D eigenvalue weighted by molar-refractivity contribution is -0.689. The molecule has 428 valence electrons. The fourth-order valence-electron chi connectivity index (χ4n) is 9.02. The summed E-state index contributed by atoms with van der Waals surface area (Å²) in [6, 6.07) is 5.24. The van der Waals surface area contributed by atoms with Gasteiger partial charge in [0.2, 0.25) is 11.8 Å². The van der Waals surface area contributed by atoms with E-state index in [0.29, 0.717) is 48.0 Å². The van der Waals surface area contributed by atoms with Crippen LogP contribution in [0.2, 0.25) is 0 Å². The van der Waals surface area contributed by atoms with Crippen LogP contribution in [0.15, 0.2) is 92.7 Å². The lowest BCUT2D eigenvalue weighted by Gasteiger charge is -2.49. The Morgan fingerprint density at radius 2 is 1.23 bits per heavy atom. The SMILES string of the molecule is CCN(Cc1cc[n+](CC2=C(C(=O)O)N3C(=O)C(NC(=O)/C(=N\OC)c4csc(N)n4)C3SC2)cc1)C(=O)CSCCSCC(=O)N(CC)c1ccc[n+](CC2=C(C(=O)O)N3C(=O)C(NC(=O)/C(=N\OC)c4csc(N)n4)C3SC2)c1. The van der Waals surface area contributed by atoms with Crippen LogP contribution in [0.1, 0.15) is 30.8 Å². The highest BCUT2D eigenvalue weighted by Crippen LogP contribution is 2.42. The number of amides is 6. The molecule has 0 aliphatic carbocycles. The molecule has 4 unspecified atom stereocenters. The van der Waals surface area contributed by atoms with Crippen LogP contribution in [-0.4, -0.2) is 178 Å². The second-order valence-electron chi connectivity index (χ2n) is 17.9. The number of carbonyl (C=O) groups is 8. The quantitative estimate of drug-likeness (QED) is 0.0166. The van der Waals surface area contributed by atoms with Gasteiger partial charge < -0.3 is 51.8 Å². The van der Waals surface area contributed by atoms with Crippen LogP contribution in [0.4, 0.5) is 16.0 Å². The molecular weight excluding hydrogens is 1170 g/mol. The van der Waals surface area contributed by atoms with Gasteiger partial charge in [0.1, 0.15) is 65.5 Å². The molecule has 6 amide bonds. The predicted molar refractivity (Wildman–Crippen MR) is 307 cm³/mol. The van der Waals surface area contributed by atoms with Crippen molar-refractivity contribution in [3.05, 3.63) is 99.3 Å². The number of rotatable bonds is 26. The number of thioether (sulfide) groups is 4. The fourth-order valence-corrected chi connectivity index (χ4v) is 14.7. The Morgan fingerprint density at radius 3 is 1.68 bits per heavy atom. The highest BCUT2D eigenvalue weighted by molar-refractivity contribution is 8.03. The van der Waals surface area contributed by atoms with Crippen LogP contribution in [0.5, 0.6) is 0 Å². The number of nitrogens with zero attached hydrogens (tertiary/aromatic N) is 10.